The number of quaternary nitrogens is 1. The molecule has 0 radical (unpaired) electrons. The van der Waals surface area contributed by atoms with E-state index in [1.54, 1.807) is 31.2 Å². The summed E-state index contributed by atoms with van der Waals surface area (Å²) in [6, 6.07) is 15.2. The normalized spacial score (nSPS) is 30.1. The fourth-order valence-electron chi connectivity index (χ4n) is 14.5. The number of fused-ring (bicyclic) bond motifs is 7. The van der Waals surface area contributed by atoms with Crippen molar-refractivity contribution in [3.63, 3.8) is 0 Å². The molecule has 0 bridgehead atoms. The molecule has 2 aromatic carbocycles. The van der Waals surface area contributed by atoms with Crippen LogP contribution < -0.4 is 9.84 Å². The molecule has 8 rings (SSSR count). The van der Waals surface area contributed by atoms with E-state index in [1.165, 1.54) is 11.6 Å². The Morgan fingerprint density at radius 1 is 0.961 bits per heavy atom. The summed E-state index contributed by atoms with van der Waals surface area (Å²) in [5.74, 6) is -0.494. The number of nitrogens with zero attached hydrogens (tertiary/aromatic N) is 1. The molecular weight excluding hydrogens is 992 g/mol. The van der Waals surface area contributed by atoms with Crippen LogP contribution in [0.5, 0.6) is 5.75 Å². The first-order chi connectivity index (χ1) is 36.2. The van der Waals surface area contributed by atoms with E-state index in [-0.39, 0.29) is 65.7 Å². The molecule has 0 spiro atoms. The summed E-state index contributed by atoms with van der Waals surface area (Å²) < 4.78 is 48.4. The van der Waals surface area contributed by atoms with Gasteiger partial charge in [0.05, 0.1) is 32.4 Å². The summed E-state index contributed by atoms with van der Waals surface area (Å²) in [5.41, 5.74) is 0.606. The van der Waals surface area contributed by atoms with Gasteiger partial charge in [0.15, 0.2) is 30.4 Å². The first kappa shape index (κ1) is 58.4. The molecule has 5 aliphatic carbocycles. The van der Waals surface area contributed by atoms with Crippen LogP contribution in [-0.4, -0.2) is 126 Å². The number of ketones is 2. The van der Waals surface area contributed by atoms with Crippen molar-refractivity contribution in [1.82, 2.24) is 5.32 Å². The minimum atomic E-state index is -4.94. The molecule has 11 atom stereocenters. The third-order valence-electron chi connectivity index (χ3n) is 17.9. The fourth-order valence-corrected chi connectivity index (χ4v) is 14.9. The largest absolute Gasteiger partial charge is 0.524 e. The zero-order valence-corrected chi connectivity index (χ0v) is 46.5. The van der Waals surface area contributed by atoms with Crippen molar-refractivity contribution >= 4 is 25.5 Å². The summed E-state index contributed by atoms with van der Waals surface area (Å²) in [4.78, 5) is 60.5. The number of phosphoric ester groups is 1. The number of ether oxygens (including phenoxy) is 5. The summed E-state index contributed by atoms with van der Waals surface area (Å²) in [6.45, 7) is 8.22. The summed E-state index contributed by atoms with van der Waals surface area (Å²) in [5, 5.41) is 26.7. The maximum Gasteiger partial charge on any atom is 0.524 e. The number of carbonyl (C=O) groups excluding carboxylic acids is 3. The number of allylic oxidation sites excluding steroid dienone is 4. The van der Waals surface area contributed by atoms with Crippen molar-refractivity contribution < 1.29 is 71.6 Å². The summed E-state index contributed by atoms with van der Waals surface area (Å²) in [7, 11) is -1.20. The van der Waals surface area contributed by atoms with E-state index in [9.17, 15) is 38.9 Å². The van der Waals surface area contributed by atoms with Crippen LogP contribution in [-0.2, 0) is 50.8 Å². The quantitative estimate of drug-likeness (QED) is 0.0257. The number of carbonyl (C=O) groups is 3. The topological polar surface area (TPSA) is 217 Å². The highest BCUT2D eigenvalue weighted by molar-refractivity contribution is 7.46. The van der Waals surface area contributed by atoms with Crippen LogP contribution >= 0.6 is 7.82 Å². The number of unbranched alkanes of at least 4 members (excludes halogenated alkanes) is 4. The average Bonchev–Trinajstić information content (AvgIpc) is 3.96. The van der Waals surface area contributed by atoms with Crippen LogP contribution in [0.25, 0.3) is 0 Å². The van der Waals surface area contributed by atoms with Crippen LogP contribution in [0.3, 0.4) is 0 Å². The smallest absolute Gasteiger partial charge is 0.426 e. The number of hydrogen-bond donors (Lipinski definition) is 5. The Labute approximate surface area is 450 Å². The molecule has 2 aromatic rings. The number of nitrogens with one attached hydrogen (secondary N) is 1. The van der Waals surface area contributed by atoms with E-state index in [0.29, 0.717) is 17.5 Å². The van der Waals surface area contributed by atoms with Crippen molar-refractivity contribution in [1.29, 1.82) is 0 Å². The first-order valence-electron chi connectivity index (χ1n) is 28.2. The second-order valence-electron chi connectivity index (χ2n) is 24.0. The number of rotatable bonds is 26. The van der Waals surface area contributed by atoms with Gasteiger partial charge in [-0.15, -0.1) is 0 Å². The fraction of sp³-hybridized carbons (Fsp3) is 0.678. The van der Waals surface area contributed by atoms with Crippen LogP contribution in [0, 0.1) is 34.5 Å². The predicted octanol–water partition coefficient (Wildman–Crippen LogP) is 9.02. The summed E-state index contributed by atoms with van der Waals surface area (Å²) in [6.07, 6.45) is 15.4. The SMILES string of the molecule is CC(C[N+](C)(C)Cc1cc(C(O)CNCCCCCCOCCCCc2ccccc2)ccc1OP(=O)(O)O)OC(=O)OCC(=O)[C@@]12O[C@H](C3CCCCC3)O[C@H]1CC1C3CCC4=CC(=O)C=C[C@]4(C)C3C(O)C[C@@]12C. The van der Waals surface area contributed by atoms with Gasteiger partial charge in [0.25, 0.3) is 0 Å². The highest BCUT2D eigenvalue weighted by atomic mass is 31.2. The van der Waals surface area contributed by atoms with Crippen molar-refractivity contribution in [3.05, 3.63) is 89.0 Å². The predicted molar refractivity (Wildman–Crippen MR) is 286 cm³/mol. The lowest BCUT2D eigenvalue weighted by Crippen LogP contribution is -2.63. The molecule has 5 fully saturated rings. The Hall–Kier alpha value is -3.80. The van der Waals surface area contributed by atoms with Gasteiger partial charge < -0.3 is 48.2 Å². The Morgan fingerprint density at radius 3 is 2.45 bits per heavy atom. The lowest BCUT2D eigenvalue weighted by Gasteiger charge is -2.59. The van der Waals surface area contributed by atoms with Crippen LogP contribution in [0.1, 0.15) is 140 Å². The standard InChI is InChI=1S/C59H85N2O14P/c1-40(37-61(4,5)38-44-32-43(23-26-51(44)75-76(67,68)69)50(64)36-60-29-15-6-7-16-30-70-31-17-14-20-41-18-10-8-11-19-41)72-56(66)71-39-52(65)59-53(73-55(74-59)42-21-12-9-13-22-42)34-48-47-25-24-45-33-46(62)27-28-57(45,2)54(47)49(63)35-58(48,59)3/h8,10-11,18-19,23,26-28,32-33,40,42,47-50,53-55,60,63-64H,6-7,9,12-17,20-22,24-25,29-31,34-39H2,1-5H3,(H-,67,68,69)/p+1/t40?,47?,48?,49?,50?,53-,54?,55+,57-,58-,59+/m0/s1. The average molecular weight is 1080 g/mol. The molecule has 76 heavy (non-hydrogen) atoms. The monoisotopic (exact) mass is 1080 g/mol. The Kier molecular flexibility index (Phi) is 19.3. The van der Waals surface area contributed by atoms with E-state index < -0.39 is 73.5 Å². The van der Waals surface area contributed by atoms with E-state index in [0.717, 1.165) is 115 Å². The van der Waals surface area contributed by atoms with Gasteiger partial charge >= 0.3 is 14.0 Å². The van der Waals surface area contributed by atoms with Gasteiger partial charge in [0, 0.05) is 48.0 Å². The van der Waals surface area contributed by atoms with Gasteiger partial charge in [-0.05, 0) is 131 Å². The summed E-state index contributed by atoms with van der Waals surface area (Å²) >= 11 is 0. The van der Waals surface area contributed by atoms with Crippen LogP contribution in [0.15, 0.2) is 72.3 Å². The van der Waals surface area contributed by atoms with Crippen molar-refractivity contribution in [2.75, 3.05) is 53.6 Å². The van der Waals surface area contributed by atoms with Gasteiger partial charge in [-0.25, -0.2) is 9.36 Å². The van der Waals surface area contributed by atoms with Gasteiger partial charge in [0.2, 0.25) is 5.78 Å². The van der Waals surface area contributed by atoms with E-state index in [1.807, 2.05) is 26.2 Å². The van der Waals surface area contributed by atoms with Crippen molar-refractivity contribution in [2.45, 2.75) is 166 Å². The molecular formula is C59H86N2O14P+. The van der Waals surface area contributed by atoms with Gasteiger partial charge in [-0.3, -0.25) is 19.4 Å². The number of benzene rings is 2. The first-order valence-corrected chi connectivity index (χ1v) is 29.8. The molecule has 1 heterocycles. The van der Waals surface area contributed by atoms with Crippen molar-refractivity contribution in [3.8, 4) is 5.75 Å². The third kappa shape index (κ3) is 13.6. The number of aryl methyl sites for hydroxylation is 1. The highest BCUT2D eigenvalue weighted by Gasteiger charge is 2.76. The second kappa shape index (κ2) is 25.1. The molecule has 0 aromatic heterocycles. The van der Waals surface area contributed by atoms with E-state index in [2.05, 4.69) is 43.4 Å². The molecule has 16 nitrogen and oxygen atoms in total. The molecule has 420 valence electrons. The second-order valence-corrected chi connectivity index (χ2v) is 25.2. The minimum Gasteiger partial charge on any atom is -0.426 e. The van der Waals surface area contributed by atoms with E-state index >= 15 is 0 Å². The molecule has 5 N–H and O–H groups in total. The Bertz CT molecular complexity index is 2420. The Balaban J connectivity index is 0.826. The van der Waals surface area contributed by atoms with Gasteiger partial charge in [-0.1, -0.05) is 94.0 Å². The number of Topliss-reactive ketones (excluding diaryl/α,β-unsaturated/α-hetero) is 1. The Morgan fingerprint density at radius 2 is 1.70 bits per heavy atom. The van der Waals surface area contributed by atoms with Gasteiger partial charge in [-0.2, -0.15) is 0 Å². The molecule has 17 heteroatoms. The zero-order valence-electron chi connectivity index (χ0n) is 45.6. The van der Waals surface area contributed by atoms with Gasteiger partial charge in [0.1, 0.15) is 18.8 Å². The maximum atomic E-state index is 15.0. The molecule has 1 aliphatic heterocycles. The molecule has 0 amide bonds. The molecule has 6 unspecified atom stereocenters. The number of phosphoric acid groups is 1. The molecule has 1 saturated heterocycles. The molecule has 6 aliphatic rings. The van der Waals surface area contributed by atoms with Crippen LogP contribution in [0.4, 0.5) is 4.79 Å². The van der Waals surface area contributed by atoms with Crippen LogP contribution in [0.2, 0.25) is 0 Å². The number of aliphatic hydroxyl groups excluding tert-OH is 2. The number of aliphatic hydroxyl groups is 2. The number of likely N-dealkylation sites (N-methyl/N-ethyl adjacent to an activating group) is 1. The lowest BCUT2D eigenvalue weighted by atomic mass is 9.46. The zero-order chi connectivity index (χ0) is 54.3. The third-order valence-corrected chi connectivity index (χ3v) is 18.4. The van der Waals surface area contributed by atoms with E-state index in [4.69, 9.17) is 28.2 Å². The number of hydrogen-bond acceptors (Lipinski definition) is 13. The van der Waals surface area contributed by atoms with Crippen molar-refractivity contribution in [2.24, 2.45) is 34.5 Å². The maximum absolute atomic E-state index is 15.0. The molecule has 4 saturated carbocycles. The highest BCUT2D eigenvalue weighted by Crippen LogP contribution is 2.70. The minimum absolute atomic E-state index is 0.0296. The lowest BCUT2D eigenvalue weighted by molar-refractivity contribution is -0.906.